The molecular weight excluding hydrogens is 212 g/mol. The normalized spacial score (nSPS) is 26.7. The van der Waals surface area contributed by atoms with E-state index in [9.17, 15) is 4.79 Å². The van der Waals surface area contributed by atoms with Gasteiger partial charge in [-0.3, -0.25) is 4.79 Å². The number of hydrogen-bond donors (Lipinski definition) is 0. The molecule has 88 valence electrons. The van der Waals surface area contributed by atoms with Crippen molar-refractivity contribution in [3.05, 3.63) is 0 Å². The summed E-state index contributed by atoms with van der Waals surface area (Å²) in [5, 5.41) is 0. The summed E-state index contributed by atoms with van der Waals surface area (Å²) in [7, 11) is 0. The Balaban J connectivity index is 2.22. The highest BCUT2D eigenvalue weighted by molar-refractivity contribution is 6.18. The summed E-state index contributed by atoms with van der Waals surface area (Å²) in [5.41, 5.74) is 0. The Morgan fingerprint density at radius 1 is 1.33 bits per heavy atom. The molecular formula is C12H21ClO2. The van der Waals surface area contributed by atoms with Crippen molar-refractivity contribution in [3.63, 3.8) is 0 Å². The van der Waals surface area contributed by atoms with Crippen molar-refractivity contribution < 1.29 is 9.53 Å². The highest BCUT2D eigenvalue weighted by atomic mass is 35.5. The van der Waals surface area contributed by atoms with Crippen LogP contribution < -0.4 is 0 Å². The minimum atomic E-state index is -0.141. The van der Waals surface area contributed by atoms with Gasteiger partial charge in [0.2, 0.25) is 0 Å². The third kappa shape index (κ3) is 4.42. The second-order valence-electron chi connectivity index (χ2n) is 4.71. The van der Waals surface area contributed by atoms with E-state index in [2.05, 4.69) is 13.8 Å². The first kappa shape index (κ1) is 12.8. The zero-order valence-corrected chi connectivity index (χ0v) is 10.4. The molecule has 0 spiro atoms. The maximum absolute atomic E-state index is 11.2. The lowest BCUT2D eigenvalue weighted by atomic mass is 9.80. The van der Waals surface area contributed by atoms with Crippen LogP contribution in [0.4, 0.5) is 0 Å². The smallest absolute Gasteiger partial charge is 0.307 e. The molecule has 2 nitrogen and oxygen atoms in total. The van der Waals surface area contributed by atoms with Crippen molar-refractivity contribution in [1.29, 1.82) is 0 Å². The van der Waals surface area contributed by atoms with E-state index in [0.29, 0.717) is 12.3 Å². The van der Waals surface area contributed by atoms with Crippen LogP contribution in [0.5, 0.6) is 0 Å². The molecule has 1 saturated carbocycles. The van der Waals surface area contributed by atoms with E-state index >= 15 is 0 Å². The summed E-state index contributed by atoms with van der Waals surface area (Å²) in [6.45, 7) is 4.54. The molecule has 0 atom stereocenters. The zero-order valence-electron chi connectivity index (χ0n) is 9.67. The van der Waals surface area contributed by atoms with Crippen LogP contribution >= 0.6 is 11.6 Å². The summed E-state index contributed by atoms with van der Waals surface area (Å²) in [4.78, 5) is 11.2. The Hall–Kier alpha value is -0.240. The van der Waals surface area contributed by atoms with E-state index in [1.807, 2.05) is 0 Å². The van der Waals surface area contributed by atoms with Crippen molar-refractivity contribution in [1.82, 2.24) is 0 Å². The van der Waals surface area contributed by atoms with Crippen LogP contribution in [0.2, 0.25) is 0 Å². The van der Waals surface area contributed by atoms with Crippen molar-refractivity contribution >= 4 is 17.6 Å². The van der Waals surface area contributed by atoms with Crippen LogP contribution in [0.3, 0.4) is 0 Å². The van der Waals surface area contributed by atoms with Gasteiger partial charge in [-0.25, -0.2) is 0 Å². The minimum absolute atomic E-state index is 0.141. The lowest BCUT2D eigenvalue weighted by molar-refractivity contribution is -0.150. The molecule has 0 unspecified atom stereocenters. The molecule has 0 amide bonds. The fourth-order valence-corrected chi connectivity index (χ4v) is 2.35. The Morgan fingerprint density at radius 3 is 2.40 bits per heavy atom. The third-order valence-corrected chi connectivity index (χ3v) is 3.45. The molecule has 3 heteroatoms. The zero-order chi connectivity index (χ0) is 11.3. The molecule has 0 aromatic carbocycles. The number of esters is 1. The molecule has 1 aliphatic rings. The molecule has 0 N–H and O–H groups in total. The summed E-state index contributed by atoms with van der Waals surface area (Å²) in [5.74, 6) is 1.79. The molecule has 0 aromatic heterocycles. The predicted octanol–water partition coefficient (Wildman–Crippen LogP) is 3.37. The lowest BCUT2D eigenvalue weighted by Gasteiger charge is -2.30. The topological polar surface area (TPSA) is 26.3 Å². The van der Waals surface area contributed by atoms with Gasteiger partial charge in [-0.15, -0.1) is 11.6 Å². The highest BCUT2D eigenvalue weighted by Gasteiger charge is 2.25. The molecule has 0 heterocycles. The highest BCUT2D eigenvalue weighted by Crippen LogP contribution is 2.31. The van der Waals surface area contributed by atoms with Crippen LogP contribution in [0.15, 0.2) is 0 Å². The molecule has 15 heavy (non-hydrogen) atoms. The van der Waals surface area contributed by atoms with Crippen LogP contribution in [-0.4, -0.2) is 18.0 Å². The van der Waals surface area contributed by atoms with Gasteiger partial charge in [-0.2, -0.15) is 0 Å². The number of hydrogen-bond acceptors (Lipinski definition) is 2. The Kier molecular flexibility index (Phi) is 5.44. The lowest BCUT2D eigenvalue weighted by Crippen LogP contribution is -2.26. The molecule has 0 saturated heterocycles. The molecule has 0 aliphatic heterocycles. The SMILES string of the molecule is CC(C)C1CCC(OC(=O)CCCl)CC1. The monoisotopic (exact) mass is 232 g/mol. The number of carbonyl (C=O) groups is 1. The van der Waals surface area contributed by atoms with Gasteiger partial charge < -0.3 is 4.74 Å². The Morgan fingerprint density at radius 2 is 1.93 bits per heavy atom. The van der Waals surface area contributed by atoms with E-state index in [4.69, 9.17) is 16.3 Å². The first-order chi connectivity index (χ1) is 7.13. The second-order valence-corrected chi connectivity index (χ2v) is 5.09. The van der Waals surface area contributed by atoms with Gasteiger partial charge in [-0.1, -0.05) is 13.8 Å². The van der Waals surface area contributed by atoms with Crippen LogP contribution in [0, 0.1) is 11.8 Å². The van der Waals surface area contributed by atoms with Crippen LogP contribution in [0.25, 0.3) is 0 Å². The predicted molar refractivity (Wildman–Crippen MR) is 62.0 cm³/mol. The number of alkyl halides is 1. The summed E-state index contributed by atoms with van der Waals surface area (Å²) < 4.78 is 5.34. The number of halogens is 1. The summed E-state index contributed by atoms with van der Waals surface area (Å²) in [6, 6.07) is 0. The van der Waals surface area contributed by atoms with E-state index in [0.717, 1.165) is 24.7 Å². The van der Waals surface area contributed by atoms with Crippen molar-refractivity contribution in [2.75, 3.05) is 5.88 Å². The standard InChI is InChI=1S/C12H21ClO2/c1-9(2)10-3-5-11(6-4-10)15-12(14)7-8-13/h9-11H,3-8H2,1-2H3. The minimum Gasteiger partial charge on any atom is -0.462 e. The van der Waals surface area contributed by atoms with E-state index in [1.165, 1.54) is 12.8 Å². The molecule has 0 aromatic rings. The summed E-state index contributed by atoms with van der Waals surface area (Å²) in [6.07, 6.45) is 4.92. The Labute approximate surface area is 97.3 Å². The van der Waals surface area contributed by atoms with Crippen LogP contribution in [-0.2, 0) is 9.53 Å². The fraction of sp³-hybridized carbons (Fsp3) is 0.917. The van der Waals surface area contributed by atoms with E-state index < -0.39 is 0 Å². The van der Waals surface area contributed by atoms with Gasteiger partial charge in [-0.05, 0) is 37.5 Å². The maximum Gasteiger partial charge on any atom is 0.307 e. The largest absolute Gasteiger partial charge is 0.462 e. The van der Waals surface area contributed by atoms with Gasteiger partial charge in [0.15, 0.2) is 0 Å². The van der Waals surface area contributed by atoms with Gasteiger partial charge in [0.1, 0.15) is 6.10 Å². The first-order valence-electron chi connectivity index (χ1n) is 5.89. The number of carbonyl (C=O) groups excluding carboxylic acids is 1. The van der Waals surface area contributed by atoms with Gasteiger partial charge in [0.05, 0.1) is 6.42 Å². The van der Waals surface area contributed by atoms with Crippen molar-refractivity contribution in [3.8, 4) is 0 Å². The Bertz CT molecular complexity index is 196. The molecule has 0 bridgehead atoms. The molecule has 1 fully saturated rings. The fourth-order valence-electron chi connectivity index (χ4n) is 2.20. The third-order valence-electron chi connectivity index (χ3n) is 3.26. The van der Waals surface area contributed by atoms with E-state index in [1.54, 1.807) is 0 Å². The number of rotatable bonds is 4. The van der Waals surface area contributed by atoms with Gasteiger partial charge in [0, 0.05) is 5.88 Å². The van der Waals surface area contributed by atoms with Crippen LogP contribution in [0.1, 0.15) is 46.0 Å². The quantitative estimate of drug-likeness (QED) is 0.549. The molecule has 1 aliphatic carbocycles. The van der Waals surface area contributed by atoms with Crippen molar-refractivity contribution in [2.24, 2.45) is 11.8 Å². The average Bonchev–Trinajstić information content (AvgIpc) is 2.18. The molecule has 0 radical (unpaired) electrons. The van der Waals surface area contributed by atoms with Gasteiger partial charge in [0.25, 0.3) is 0 Å². The summed E-state index contributed by atoms with van der Waals surface area (Å²) >= 11 is 5.48. The van der Waals surface area contributed by atoms with Crippen molar-refractivity contribution in [2.45, 2.75) is 52.1 Å². The number of ether oxygens (including phenoxy) is 1. The van der Waals surface area contributed by atoms with Gasteiger partial charge >= 0.3 is 5.97 Å². The molecule has 1 rings (SSSR count). The second kappa shape index (κ2) is 6.37. The first-order valence-corrected chi connectivity index (χ1v) is 6.42. The average molecular weight is 233 g/mol. The van der Waals surface area contributed by atoms with E-state index in [-0.39, 0.29) is 12.1 Å². The maximum atomic E-state index is 11.2.